The quantitative estimate of drug-likeness (QED) is 0.898. The minimum Gasteiger partial charge on any atom is -0.493 e. The molecule has 2 aromatic rings. The van der Waals surface area contributed by atoms with Gasteiger partial charge >= 0.3 is 0 Å². The zero-order valence-electron chi connectivity index (χ0n) is 11.7. The Morgan fingerprint density at radius 2 is 2.15 bits per heavy atom. The molecule has 1 aliphatic rings. The summed E-state index contributed by atoms with van der Waals surface area (Å²) in [5, 5.41) is 6.47. The average Bonchev–Trinajstić information content (AvgIpc) is 2.50. The van der Waals surface area contributed by atoms with E-state index in [1.165, 1.54) is 5.56 Å². The average molecular weight is 270 g/mol. The van der Waals surface area contributed by atoms with Crippen molar-refractivity contribution in [2.45, 2.75) is 19.4 Å². The number of ether oxygens (including phenoxy) is 1. The zero-order valence-corrected chi connectivity index (χ0v) is 11.7. The summed E-state index contributed by atoms with van der Waals surface area (Å²) in [5.74, 6) is 2.45. The molecule has 5 heteroatoms. The summed E-state index contributed by atoms with van der Waals surface area (Å²) < 4.78 is 5.68. The van der Waals surface area contributed by atoms with Crippen LogP contribution in [0.1, 0.15) is 23.6 Å². The van der Waals surface area contributed by atoms with Gasteiger partial charge in [0.15, 0.2) is 0 Å². The normalized spacial score (nSPS) is 17.0. The number of aryl methyl sites for hydroxylation is 1. The van der Waals surface area contributed by atoms with Crippen molar-refractivity contribution in [3.8, 4) is 5.75 Å². The molecule has 2 N–H and O–H groups in total. The van der Waals surface area contributed by atoms with Gasteiger partial charge in [-0.15, -0.1) is 0 Å². The van der Waals surface area contributed by atoms with Crippen molar-refractivity contribution < 1.29 is 4.74 Å². The molecule has 1 unspecified atom stereocenters. The molecule has 0 saturated carbocycles. The molecule has 0 bridgehead atoms. The Kier molecular flexibility index (Phi) is 3.41. The lowest BCUT2D eigenvalue weighted by atomic mass is 10.0. The van der Waals surface area contributed by atoms with E-state index in [1.807, 2.05) is 38.4 Å². The molecule has 0 aliphatic carbocycles. The largest absolute Gasteiger partial charge is 0.493 e. The molecule has 0 fully saturated rings. The van der Waals surface area contributed by atoms with Gasteiger partial charge in [0.25, 0.3) is 0 Å². The molecule has 2 heterocycles. The van der Waals surface area contributed by atoms with E-state index in [9.17, 15) is 0 Å². The first-order valence-electron chi connectivity index (χ1n) is 6.77. The number of benzene rings is 1. The highest BCUT2D eigenvalue weighted by atomic mass is 16.5. The van der Waals surface area contributed by atoms with Crippen LogP contribution in [0.2, 0.25) is 0 Å². The lowest BCUT2D eigenvalue weighted by molar-refractivity contribution is 0.274. The highest BCUT2D eigenvalue weighted by Crippen LogP contribution is 2.34. The number of anilines is 2. The molecule has 20 heavy (non-hydrogen) atoms. The van der Waals surface area contributed by atoms with Crippen LogP contribution >= 0.6 is 0 Å². The van der Waals surface area contributed by atoms with Gasteiger partial charge in [-0.25, -0.2) is 4.98 Å². The summed E-state index contributed by atoms with van der Waals surface area (Å²) >= 11 is 0. The summed E-state index contributed by atoms with van der Waals surface area (Å²) in [4.78, 5) is 8.69. The van der Waals surface area contributed by atoms with Crippen LogP contribution in [0, 0.1) is 6.92 Å². The van der Waals surface area contributed by atoms with Crippen LogP contribution in [0.5, 0.6) is 5.75 Å². The van der Waals surface area contributed by atoms with E-state index in [4.69, 9.17) is 4.74 Å². The second-order valence-electron chi connectivity index (χ2n) is 4.85. The number of nitrogens with zero attached hydrogens (tertiary/aromatic N) is 2. The number of rotatable bonds is 3. The third kappa shape index (κ3) is 2.39. The monoisotopic (exact) mass is 270 g/mol. The van der Waals surface area contributed by atoms with Crippen LogP contribution in [-0.2, 0) is 0 Å². The van der Waals surface area contributed by atoms with Crippen molar-refractivity contribution in [3.05, 3.63) is 41.6 Å². The molecule has 0 amide bonds. The van der Waals surface area contributed by atoms with Crippen LogP contribution in [0.15, 0.2) is 30.5 Å². The predicted octanol–water partition coefficient (Wildman–Crippen LogP) is 2.76. The summed E-state index contributed by atoms with van der Waals surface area (Å²) in [7, 11) is 1.82. The Morgan fingerprint density at radius 1 is 1.30 bits per heavy atom. The highest BCUT2D eigenvalue weighted by molar-refractivity contribution is 5.50. The van der Waals surface area contributed by atoms with Crippen molar-refractivity contribution in [1.82, 2.24) is 9.97 Å². The van der Waals surface area contributed by atoms with Crippen molar-refractivity contribution in [1.29, 1.82) is 0 Å². The van der Waals surface area contributed by atoms with Gasteiger partial charge in [-0.3, -0.25) is 0 Å². The number of hydrogen-bond acceptors (Lipinski definition) is 5. The number of nitrogens with one attached hydrogen (secondary N) is 2. The lowest BCUT2D eigenvalue weighted by Crippen LogP contribution is -2.21. The summed E-state index contributed by atoms with van der Waals surface area (Å²) in [6.45, 7) is 2.73. The van der Waals surface area contributed by atoms with Crippen LogP contribution in [-0.4, -0.2) is 23.6 Å². The van der Waals surface area contributed by atoms with Crippen molar-refractivity contribution in [2.24, 2.45) is 0 Å². The van der Waals surface area contributed by atoms with E-state index >= 15 is 0 Å². The highest BCUT2D eigenvalue weighted by Gasteiger charge is 2.21. The first kappa shape index (κ1) is 12.7. The second kappa shape index (κ2) is 5.36. The molecule has 1 aliphatic heterocycles. The number of hydrogen-bond donors (Lipinski definition) is 2. The van der Waals surface area contributed by atoms with Gasteiger partial charge in [-0.05, 0) is 13.0 Å². The number of fused-ring (bicyclic) bond motifs is 1. The molecule has 1 aromatic heterocycles. The third-order valence-corrected chi connectivity index (χ3v) is 3.46. The van der Waals surface area contributed by atoms with Crippen LogP contribution in [0.4, 0.5) is 11.8 Å². The van der Waals surface area contributed by atoms with E-state index in [0.717, 1.165) is 30.2 Å². The van der Waals surface area contributed by atoms with E-state index in [2.05, 4.69) is 26.7 Å². The molecule has 0 saturated heterocycles. The minimum absolute atomic E-state index is 0.221. The standard InChI is InChI=1S/C15H18N4O/c1-10-9-17-15(16-2)19-14(10)18-12-7-8-20-13-6-4-3-5-11(12)13/h3-6,9,12H,7-8H2,1-2H3,(H2,16,17,18,19). The maximum absolute atomic E-state index is 5.68. The fraction of sp³-hybridized carbons (Fsp3) is 0.333. The number of aromatic nitrogens is 2. The zero-order chi connectivity index (χ0) is 13.9. The first-order chi connectivity index (χ1) is 9.78. The van der Waals surface area contributed by atoms with Crippen LogP contribution in [0.3, 0.4) is 0 Å². The molecule has 1 atom stereocenters. The van der Waals surface area contributed by atoms with Crippen molar-refractivity contribution in [2.75, 3.05) is 24.3 Å². The van der Waals surface area contributed by atoms with Gasteiger partial charge in [0, 0.05) is 30.8 Å². The Morgan fingerprint density at radius 3 is 3.00 bits per heavy atom. The topological polar surface area (TPSA) is 59.1 Å². The Balaban J connectivity index is 1.89. The van der Waals surface area contributed by atoms with Crippen molar-refractivity contribution in [3.63, 3.8) is 0 Å². The van der Waals surface area contributed by atoms with Crippen molar-refractivity contribution >= 4 is 11.8 Å². The Bertz CT molecular complexity index is 615. The van der Waals surface area contributed by atoms with E-state index in [0.29, 0.717) is 5.95 Å². The molecule has 0 spiro atoms. The first-order valence-corrected chi connectivity index (χ1v) is 6.77. The predicted molar refractivity (Wildman–Crippen MR) is 79.2 cm³/mol. The molecule has 1 aromatic carbocycles. The molecule has 3 rings (SSSR count). The summed E-state index contributed by atoms with van der Waals surface area (Å²) in [6, 6.07) is 8.36. The van der Waals surface area contributed by atoms with Gasteiger partial charge in [0.2, 0.25) is 5.95 Å². The van der Waals surface area contributed by atoms with E-state index in [-0.39, 0.29) is 6.04 Å². The van der Waals surface area contributed by atoms with E-state index < -0.39 is 0 Å². The Labute approximate surface area is 118 Å². The third-order valence-electron chi connectivity index (χ3n) is 3.46. The molecule has 0 radical (unpaired) electrons. The van der Waals surface area contributed by atoms with Crippen LogP contribution < -0.4 is 15.4 Å². The minimum atomic E-state index is 0.221. The maximum atomic E-state index is 5.68. The maximum Gasteiger partial charge on any atom is 0.224 e. The SMILES string of the molecule is CNc1ncc(C)c(NC2CCOc3ccccc32)n1. The van der Waals surface area contributed by atoms with Crippen LogP contribution in [0.25, 0.3) is 0 Å². The molecule has 104 valence electrons. The van der Waals surface area contributed by atoms with Gasteiger partial charge in [0.1, 0.15) is 11.6 Å². The molecular formula is C15H18N4O. The van der Waals surface area contributed by atoms with Gasteiger partial charge in [-0.2, -0.15) is 4.98 Å². The fourth-order valence-electron chi connectivity index (χ4n) is 2.37. The Hall–Kier alpha value is -2.30. The fourth-order valence-corrected chi connectivity index (χ4v) is 2.37. The summed E-state index contributed by atoms with van der Waals surface area (Å²) in [6.07, 6.45) is 2.75. The lowest BCUT2D eigenvalue weighted by Gasteiger charge is -2.27. The van der Waals surface area contributed by atoms with Gasteiger partial charge in [0.05, 0.1) is 12.6 Å². The van der Waals surface area contributed by atoms with Gasteiger partial charge < -0.3 is 15.4 Å². The summed E-state index contributed by atoms with van der Waals surface area (Å²) in [5.41, 5.74) is 2.22. The molecular weight excluding hydrogens is 252 g/mol. The smallest absolute Gasteiger partial charge is 0.224 e. The second-order valence-corrected chi connectivity index (χ2v) is 4.85. The van der Waals surface area contributed by atoms with Gasteiger partial charge in [-0.1, -0.05) is 18.2 Å². The molecule has 5 nitrogen and oxygen atoms in total. The number of para-hydroxylation sites is 1. The van der Waals surface area contributed by atoms with E-state index in [1.54, 1.807) is 0 Å².